The maximum atomic E-state index is 10.9. The summed E-state index contributed by atoms with van der Waals surface area (Å²) >= 11 is 0. The summed E-state index contributed by atoms with van der Waals surface area (Å²) < 4.78 is 5.49. The molecule has 0 amide bonds. The van der Waals surface area contributed by atoms with Gasteiger partial charge in [0.1, 0.15) is 5.75 Å². The summed E-state index contributed by atoms with van der Waals surface area (Å²) in [6.45, 7) is 2.43. The molecule has 0 saturated carbocycles. The molecule has 3 N–H and O–H groups in total. The van der Waals surface area contributed by atoms with Crippen molar-refractivity contribution in [3.8, 4) is 5.75 Å². The van der Waals surface area contributed by atoms with Crippen molar-refractivity contribution in [3.05, 3.63) is 28.8 Å². The number of aliphatic carboxylic acids is 1. The maximum absolute atomic E-state index is 10.9. The molecule has 1 aromatic carbocycles. The molecule has 1 aliphatic rings. The van der Waals surface area contributed by atoms with Crippen LogP contribution in [0.4, 0.5) is 0 Å². The van der Waals surface area contributed by atoms with Crippen LogP contribution in [0.25, 0.3) is 0 Å². The van der Waals surface area contributed by atoms with E-state index in [1.807, 2.05) is 19.1 Å². The monoisotopic (exact) mass is 235 g/mol. The Morgan fingerprint density at radius 2 is 2.29 bits per heavy atom. The molecule has 0 aliphatic heterocycles. The first-order chi connectivity index (χ1) is 8.11. The molecule has 2 rings (SSSR count). The van der Waals surface area contributed by atoms with E-state index in [-0.39, 0.29) is 12.5 Å². The van der Waals surface area contributed by atoms with Gasteiger partial charge in [-0.15, -0.1) is 0 Å². The minimum Gasteiger partial charge on any atom is -0.494 e. The minimum atomic E-state index is -0.833. The Kier molecular flexibility index (Phi) is 3.33. The summed E-state index contributed by atoms with van der Waals surface area (Å²) in [4.78, 5) is 10.9. The van der Waals surface area contributed by atoms with Crippen molar-refractivity contribution in [1.82, 2.24) is 0 Å². The van der Waals surface area contributed by atoms with Gasteiger partial charge in [0.15, 0.2) is 0 Å². The second-order valence-corrected chi connectivity index (χ2v) is 4.35. The van der Waals surface area contributed by atoms with Gasteiger partial charge in [-0.25, -0.2) is 0 Å². The molecule has 0 bridgehead atoms. The van der Waals surface area contributed by atoms with E-state index in [9.17, 15) is 4.79 Å². The zero-order chi connectivity index (χ0) is 12.4. The molecule has 0 radical (unpaired) electrons. The molecule has 4 nitrogen and oxygen atoms in total. The zero-order valence-corrected chi connectivity index (χ0v) is 9.90. The van der Waals surface area contributed by atoms with Crippen LogP contribution in [0.5, 0.6) is 5.75 Å². The standard InChI is InChI=1S/C13H17NO3/c1-2-17-12-4-3-8-5-9(14)6-10(8)11(12)7-13(15)16/h3-4,9H,2,5-7,14H2,1H3,(H,15,16). The van der Waals surface area contributed by atoms with Gasteiger partial charge in [0.05, 0.1) is 13.0 Å². The fourth-order valence-corrected chi connectivity index (χ4v) is 2.42. The molecule has 0 fully saturated rings. The van der Waals surface area contributed by atoms with Crippen LogP contribution in [0.1, 0.15) is 23.6 Å². The molecule has 0 aromatic heterocycles. The average molecular weight is 235 g/mol. The van der Waals surface area contributed by atoms with Gasteiger partial charge in [0, 0.05) is 11.6 Å². The molecule has 1 unspecified atom stereocenters. The van der Waals surface area contributed by atoms with E-state index in [0.29, 0.717) is 12.4 Å². The first kappa shape index (κ1) is 11.9. The molecule has 0 saturated heterocycles. The van der Waals surface area contributed by atoms with Gasteiger partial charge in [-0.05, 0) is 37.0 Å². The Labute approximate surface area is 100 Å². The number of rotatable bonds is 4. The number of hydrogen-bond donors (Lipinski definition) is 2. The second-order valence-electron chi connectivity index (χ2n) is 4.35. The largest absolute Gasteiger partial charge is 0.494 e. The molecular weight excluding hydrogens is 218 g/mol. The Morgan fingerprint density at radius 3 is 2.94 bits per heavy atom. The van der Waals surface area contributed by atoms with Crippen LogP contribution >= 0.6 is 0 Å². The number of carboxylic acid groups (broad SMARTS) is 1. The Bertz CT molecular complexity index is 443. The lowest BCUT2D eigenvalue weighted by Gasteiger charge is -2.13. The molecule has 1 atom stereocenters. The number of nitrogens with two attached hydrogens (primary N) is 1. The topological polar surface area (TPSA) is 72.5 Å². The predicted molar refractivity (Wildman–Crippen MR) is 64.3 cm³/mol. The van der Waals surface area contributed by atoms with Crippen LogP contribution < -0.4 is 10.5 Å². The van der Waals surface area contributed by atoms with Crippen molar-refractivity contribution in [3.63, 3.8) is 0 Å². The van der Waals surface area contributed by atoms with Crippen LogP contribution in [0.3, 0.4) is 0 Å². The van der Waals surface area contributed by atoms with Gasteiger partial charge in [0.25, 0.3) is 0 Å². The quantitative estimate of drug-likeness (QED) is 0.820. The first-order valence-electron chi connectivity index (χ1n) is 5.85. The van der Waals surface area contributed by atoms with Crippen molar-refractivity contribution < 1.29 is 14.6 Å². The van der Waals surface area contributed by atoms with E-state index in [2.05, 4.69) is 0 Å². The maximum Gasteiger partial charge on any atom is 0.307 e. The number of carbonyl (C=O) groups is 1. The summed E-state index contributed by atoms with van der Waals surface area (Å²) in [5, 5.41) is 8.97. The Balaban J connectivity index is 2.42. The SMILES string of the molecule is CCOc1ccc2c(c1CC(=O)O)CC(N)C2. The third kappa shape index (κ3) is 2.42. The third-order valence-corrected chi connectivity index (χ3v) is 3.06. The second kappa shape index (κ2) is 4.75. The summed E-state index contributed by atoms with van der Waals surface area (Å²) in [5.41, 5.74) is 8.96. The fraction of sp³-hybridized carbons (Fsp3) is 0.462. The lowest BCUT2D eigenvalue weighted by molar-refractivity contribution is -0.136. The summed E-state index contributed by atoms with van der Waals surface area (Å²) in [6, 6.07) is 3.96. The first-order valence-corrected chi connectivity index (χ1v) is 5.85. The molecule has 92 valence electrons. The van der Waals surface area contributed by atoms with Crippen molar-refractivity contribution >= 4 is 5.97 Å². The van der Waals surface area contributed by atoms with Crippen molar-refractivity contribution in [2.24, 2.45) is 5.73 Å². The summed E-state index contributed by atoms with van der Waals surface area (Å²) in [5.74, 6) is -0.150. The summed E-state index contributed by atoms with van der Waals surface area (Å²) in [7, 11) is 0. The highest BCUT2D eigenvalue weighted by Crippen LogP contribution is 2.32. The van der Waals surface area contributed by atoms with Crippen molar-refractivity contribution in [2.75, 3.05) is 6.61 Å². The van der Waals surface area contributed by atoms with Gasteiger partial charge in [-0.2, -0.15) is 0 Å². The number of benzene rings is 1. The molecule has 1 aromatic rings. The van der Waals surface area contributed by atoms with Crippen LogP contribution in [0, 0.1) is 0 Å². The number of hydrogen-bond acceptors (Lipinski definition) is 3. The molecule has 4 heteroatoms. The van der Waals surface area contributed by atoms with Crippen LogP contribution in [-0.4, -0.2) is 23.7 Å². The molecule has 1 aliphatic carbocycles. The van der Waals surface area contributed by atoms with Crippen molar-refractivity contribution in [2.45, 2.75) is 32.2 Å². The Morgan fingerprint density at radius 1 is 1.53 bits per heavy atom. The lowest BCUT2D eigenvalue weighted by atomic mass is 9.99. The number of fused-ring (bicyclic) bond motifs is 1. The minimum absolute atomic E-state index is 0.00519. The Hall–Kier alpha value is -1.55. The third-order valence-electron chi connectivity index (χ3n) is 3.06. The van der Waals surface area contributed by atoms with E-state index in [0.717, 1.165) is 29.5 Å². The predicted octanol–water partition coefficient (Wildman–Crippen LogP) is 1.14. The van der Waals surface area contributed by atoms with E-state index in [4.69, 9.17) is 15.6 Å². The number of carboxylic acids is 1. The van der Waals surface area contributed by atoms with Gasteiger partial charge < -0.3 is 15.6 Å². The van der Waals surface area contributed by atoms with Gasteiger partial charge in [0.2, 0.25) is 0 Å². The van der Waals surface area contributed by atoms with E-state index in [1.165, 1.54) is 0 Å². The van der Waals surface area contributed by atoms with Crippen molar-refractivity contribution in [1.29, 1.82) is 0 Å². The van der Waals surface area contributed by atoms with Gasteiger partial charge >= 0.3 is 5.97 Å². The number of ether oxygens (including phenoxy) is 1. The average Bonchev–Trinajstić information content (AvgIpc) is 2.62. The van der Waals surface area contributed by atoms with Gasteiger partial charge in [-0.3, -0.25) is 4.79 Å². The van der Waals surface area contributed by atoms with E-state index in [1.54, 1.807) is 0 Å². The highest BCUT2D eigenvalue weighted by molar-refractivity contribution is 5.72. The molecular formula is C13H17NO3. The van der Waals surface area contributed by atoms with E-state index >= 15 is 0 Å². The highest BCUT2D eigenvalue weighted by Gasteiger charge is 2.24. The van der Waals surface area contributed by atoms with Crippen LogP contribution in [0.15, 0.2) is 12.1 Å². The molecule has 0 heterocycles. The van der Waals surface area contributed by atoms with Gasteiger partial charge in [-0.1, -0.05) is 6.07 Å². The summed E-state index contributed by atoms with van der Waals surface area (Å²) in [6.07, 6.45) is 1.58. The zero-order valence-electron chi connectivity index (χ0n) is 9.90. The fourth-order valence-electron chi connectivity index (χ4n) is 2.42. The molecule has 17 heavy (non-hydrogen) atoms. The van der Waals surface area contributed by atoms with Crippen LogP contribution in [-0.2, 0) is 24.1 Å². The molecule has 0 spiro atoms. The normalized spacial score (nSPS) is 17.9. The van der Waals surface area contributed by atoms with E-state index < -0.39 is 5.97 Å². The van der Waals surface area contributed by atoms with Crippen LogP contribution in [0.2, 0.25) is 0 Å². The highest BCUT2D eigenvalue weighted by atomic mass is 16.5. The smallest absolute Gasteiger partial charge is 0.307 e. The lowest BCUT2D eigenvalue weighted by Crippen LogP contribution is -2.19.